The Kier molecular flexibility index (Phi) is 7.64. The van der Waals surface area contributed by atoms with E-state index in [1.54, 1.807) is 21.3 Å². The van der Waals surface area contributed by atoms with Crippen LogP contribution in [0.25, 0.3) is 0 Å². The maximum atomic E-state index is 11.7. The van der Waals surface area contributed by atoms with Crippen LogP contribution in [-0.4, -0.2) is 41.8 Å². The Bertz CT molecular complexity index is 920. The molecular formula is C22H27O8S-. The molecule has 2 aromatic carbocycles. The van der Waals surface area contributed by atoms with Crippen molar-refractivity contribution in [2.45, 2.75) is 43.3 Å². The highest BCUT2D eigenvalue weighted by atomic mass is 32.2. The van der Waals surface area contributed by atoms with Gasteiger partial charge in [0.25, 0.3) is 0 Å². The molecule has 3 rings (SSSR count). The molecule has 1 aliphatic heterocycles. The fraction of sp³-hybridized carbons (Fsp3) is 0.455. The van der Waals surface area contributed by atoms with Crippen LogP contribution in [0, 0.1) is 0 Å². The Morgan fingerprint density at radius 2 is 1.58 bits per heavy atom. The van der Waals surface area contributed by atoms with Gasteiger partial charge < -0.3 is 33.3 Å². The number of phenols is 1. The maximum absolute atomic E-state index is 11.7. The van der Waals surface area contributed by atoms with E-state index in [-0.39, 0.29) is 28.6 Å². The third-order valence-corrected chi connectivity index (χ3v) is 5.80. The van der Waals surface area contributed by atoms with E-state index >= 15 is 0 Å². The van der Waals surface area contributed by atoms with Gasteiger partial charge in [-0.3, -0.25) is 4.21 Å². The van der Waals surface area contributed by atoms with Crippen molar-refractivity contribution in [2.75, 3.05) is 27.9 Å². The molecule has 0 bridgehead atoms. The molecule has 1 heterocycles. The number of benzene rings is 2. The molecule has 1 aliphatic rings. The Morgan fingerprint density at radius 3 is 2.06 bits per heavy atom. The van der Waals surface area contributed by atoms with Crippen LogP contribution >= 0.6 is 0 Å². The minimum Gasteiger partial charge on any atom is -0.768 e. The van der Waals surface area contributed by atoms with Crippen LogP contribution in [-0.2, 0) is 15.8 Å². The molecule has 1 saturated heterocycles. The topological polar surface area (TPSA) is 107 Å². The summed E-state index contributed by atoms with van der Waals surface area (Å²) in [4.78, 5) is -0.0803. The van der Waals surface area contributed by atoms with E-state index < -0.39 is 11.1 Å². The number of aromatic hydroxyl groups is 1. The smallest absolute Gasteiger partial charge is 0.203 e. The van der Waals surface area contributed by atoms with Crippen molar-refractivity contribution in [1.82, 2.24) is 0 Å². The Hall–Kier alpha value is -2.49. The second kappa shape index (κ2) is 10.2. The Morgan fingerprint density at radius 1 is 1.00 bits per heavy atom. The standard InChI is InChI=1S/C22H28O8S/c1-5-8-29-21-15(23)9-13(12-20(21)31(24)25)16-6-7-17(30-16)14-10-18(26-2)22(28-4)19(11-14)27-3/h9-12,16-17,23H,5-8H2,1-4H3,(H,24,25)/p-1. The van der Waals surface area contributed by atoms with E-state index in [2.05, 4.69) is 0 Å². The van der Waals surface area contributed by atoms with Crippen LogP contribution in [0.1, 0.15) is 49.5 Å². The van der Waals surface area contributed by atoms with E-state index in [9.17, 15) is 13.9 Å². The molecular weight excluding hydrogens is 424 g/mol. The average molecular weight is 452 g/mol. The molecule has 170 valence electrons. The lowest BCUT2D eigenvalue weighted by atomic mass is 10.0. The van der Waals surface area contributed by atoms with Crippen LogP contribution in [0.3, 0.4) is 0 Å². The zero-order valence-corrected chi connectivity index (χ0v) is 18.8. The van der Waals surface area contributed by atoms with Gasteiger partial charge in [0.05, 0.1) is 45.0 Å². The van der Waals surface area contributed by atoms with Crippen molar-refractivity contribution in [1.29, 1.82) is 0 Å². The van der Waals surface area contributed by atoms with Gasteiger partial charge in [0, 0.05) is 0 Å². The highest BCUT2D eigenvalue weighted by Gasteiger charge is 2.30. The lowest BCUT2D eigenvalue weighted by Gasteiger charge is -2.20. The SMILES string of the molecule is CCCOc1c(O)cc(C2CCC(c3cc(OC)c(OC)c(OC)c3)O2)cc1S(=O)[O-]. The highest BCUT2D eigenvalue weighted by Crippen LogP contribution is 2.47. The summed E-state index contributed by atoms with van der Waals surface area (Å²) in [6.45, 7) is 2.20. The second-order valence-electron chi connectivity index (χ2n) is 7.10. The molecule has 9 heteroatoms. The zero-order chi connectivity index (χ0) is 22.5. The molecule has 0 aromatic heterocycles. The van der Waals surface area contributed by atoms with E-state index in [1.165, 1.54) is 12.1 Å². The molecule has 2 aromatic rings. The number of ether oxygens (including phenoxy) is 5. The summed E-state index contributed by atoms with van der Waals surface area (Å²) >= 11 is -2.56. The molecule has 8 nitrogen and oxygen atoms in total. The minimum absolute atomic E-state index is 0.0295. The molecule has 0 radical (unpaired) electrons. The first kappa shape index (κ1) is 23.2. The van der Waals surface area contributed by atoms with E-state index in [0.717, 1.165) is 5.56 Å². The van der Waals surface area contributed by atoms with Crippen LogP contribution in [0.4, 0.5) is 0 Å². The first-order valence-electron chi connectivity index (χ1n) is 9.97. The van der Waals surface area contributed by atoms with Gasteiger partial charge in [-0.05, 0) is 65.7 Å². The minimum atomic E-state index is -2.56. The maximum Gasteiger partial charge on any atom is 0.203 e. The molecule has 0 amide bonds. The van der Waals surface area contributed by atoms with Crippen molar-refractivity contribution in [3.8, 4) is 28.7 Å². The van der Waals surface area contributed by atoms with Crippen LogP contribution < -0.4 is 18.9 Å². The second-order valence-corrected chi connectivity index (χ2v) is 8.01. The van der Waals surface area contributed by atoms with Crippen LogP contribution in [0.15, 0.2) is 29.2 Å². The monoisotopic (exact) mass is 451 g/mol. The summed E-state index contributed by atoms with van der Waals surface area (Å²) in [6, 6.07) is 6.68. The van der Waals surface area contributed by atoms with E-state index in [1.807, 2.05) is 19.1 Å². The molecule has 0 saturated carbocycles. The van der Waals surface area contributed by atoms with E-state index in [4.69, 9.17) is 23.7 Å². The summed E-state index contributed by atoms with van der Waals surface area (Å²) in [6.07, 6.45) is 1.42. The molecule has 1 N–H and O–H groups in total. The average Bonchev–Trinajstić information content (AvgIpc) is 3.27. The van der Waals surface area contributed by atoms with Crippen molar-refractivity contribution in [3.05, 3.63) is 35.4 Å². The lowest BCUT2D eigenvalue weighted by Crippen LogP contribution is -2.05. The Labute approximate surface area is 184 Å². The molecule has 1 fully saturated rings. The number of hydrogen-bond donors (Lipinski definition) is 1. The third-order valence-electron chi connectivity index (χ3n) is 5.14. The summed E-state index contributed by atoms with van der Waals surface area (Å²) in [5, 5.41) is 10.4. The number of hydrogen-bond acceptors (Lipinski definition) is 8. The van der Waals surface area contributed by atoms with Crippen molar-refractivity contribution in [3.63, 3.8) is 0 Å². The van der Waals surface area contributed by atoms with Crippen LogP contribution in [0.2, 0.25) is 0 Å². The molecule has 31 heavy (non-hydrogen) atoms. The first-order valence-corrected chi connectivity index (χ1v) is 11.0. The van der Waals surface area contributed by atoms with Gasteiger partial charge in [0.1, 0.15) is 0 Å². The fourth-order valence-electron chi connectivity index (χ4n) is 3.68. The van der Waals surface area contributed by atoms with Gasteiger partial charge in [0.2, 0.25) is 5.75 Å². The Balaban J connectivity index is 1.88. The zero-order valence-electron chi connectivity index (χ0n) is 18.0. The molecule has 3 atom stereocenters. The summed E-state index contributed by atoms with van der Waals surface area (Å²) in [5.41, 5.74) is 1.44. The lowest BCUT2D eigenvalue weighted by molar-refractivity contribution is 0.0435. The predicted molar refractivity (Wildman–Crippen MR) is 113 cm³/mol. The summed E-state index contributed by atoms with van der Waals surface area (Å²) in [7, 11) is 4.64. The van der Waals surface area contributed by atoms with Crippen LogP contribution in [0.5, 0.6) is 28.7 Å². The van der Waals surface area contributed by atoms with Gasteiger partial charge in [0.15, 0.2) is 23.0 Å². The quantitative estimate of drug-likeness (QED) is 0.570. The van der Waals surface area contributed by atoms with Gasteiger partial charge in [-0.25, -0.2) is 0 Å². The van der Waals surface area contributed by atoms with Gasteiger partial charge in [-0.2, -0.15) is 0 Å². The highest BCUT2D eigenvalue weighted by molar-refractivity contribution is 7.79. The van der Waals surface area contributed by atoms with Crippen molar-refractivity contribution < 1.29 is 37.6 Å². The molecule has 0 spiro atoms. The number of methoxy groups -OCH3 is 3. The first-order chi connectivity index (χ1) is 14.9. The van der Waals surface area contributed by atoms with E-state index in [0.29, 0.717) is 48.7 Å². The fourth-order valence-corrected chi connectivity index (χ4v) is 4.23. The summed E-state index contributed by atoms with van der Waals surface area (Å²) < 4.78 is 51.3. The normalized spacial score (nSPS) is 19.1. The van der Waals surface area contributed by atoms with Gasteiger partial charge in [-0.1, -0.05) is 6.92 Å². The van der Waals surface area contributed by atoms with Crippen molar-refractivity contribution >= 4 is 11.1 Å². The number of rotatable bonds is 9. The third kappa shape index (κ3) is 4.89. The van der Waals surface area contributed by atoms with Crippen molar-refractivity contribution in [2.24, 2.45) is 0 Å². The number of phenolic OH excluding ortho intramolecular Hbond substituents is 1. The predicted octanol–water partition coefficient (Wildman–Crippen LogP) is 4.04. The largest absolute Gasteiger partial charge is 0.768 e. The summed E-state index contributed by atoms with van der Waals surface area (Å²) in [5.74, 6) is 1.31. The molecule has 3 unspecified atom stereocenters. The van der Waals surface area contributed by atoms with Gasteiger partial charge >= 0.3 is 0 Å². The molecule has 0 aliphatic carbocycles. The van der Waals surface area contributed by atoms with Gasteiger partial charge in [-0.15, -0.1) is 0 Å².